The number of aliphatic carboxylic acids is 1. The van der Waals surface area contributed by atoms with Gasteiger partial charge in [0.25, 0.3) is 5.91 Å². The first-order valence-corrected chi connectivity index (χ1v) is 15.7. The molecule has 3 amide bonds. The maximum atomic E-state index is 13.1. The third-order valence-electron chi connectivity index (χ3n) is 6.27. The van der Waals surface area contributed by atoms with Crippen LogP contribution in [0.25, 0.3) is 0 Å². The molecule has 2 unspecified atom stereocenters. The van der Waals surface area contributed by atoms with Gasteiger partial charge >= 0.3 is 12.1 Å². The van der Waals surface area contributed by atoms with Crippen LogP contribution in [0.2, 0.25) is 0 Å². The molecule has 0 aliphatic carbocycles. The summed E-state index contributed by atoms with van der Waals surface area (Å²) in [6.07, 6.45) is -0.0676. The standard InChI is InChI=1S/C22H27N7O7S4/c1-5-21(2,3)36-19(34)26-18-24-11(6-37-18)12(28-35-4)14(30)25-13-15(31)29-7-22(17(32)33,8-38-16(13)29)9-39-20-27-23-10-40-20/h6,10,13,16H,5,7-9H2,1-4H3,(H,25,30)(H,32,33)(H,24,26,34)/t13?,16-,22?/m1/s1. The van der Waals surface area contributed by atoms with Crippen molar-refractivity contribution >= 4 is 80.9 Å². The number of β-lactam (4-membered cyclic amide) rings is 1. The monoisotopic (exact) mass is 629 g/mol. The number of carboxylic acids is 1. The number of ether oxygens (including phenoxy) is 1. The number of thioether (sulfide) groups is 2. The summed E-state index contributed by atoms with van der Waals surface area (Å²) in [5.41, 5.74) is -0.306. The molecule has 0 aromatic carbocycles. The first-order chi connectivity index (χ1) is 19.0. The van der Waals surface area contributed by atoms with Crippen molar-refractivity contribution < 1.29 is 33.9 Å². The van der Waals surface area contributed by atoms with Crippen LogP contribution in [0.15, 0.2) is 20.4 Å². The predicted molar refractivity (Wildman–Crippen MR) is 151 cm³/mol. The molecule has 2 fully saturated rings. The van der Waals surface area contributed by atoms with Crippen LogP contribution in [-0.4, -0.2) is 97.0 Å². The van der Waals surface area contributed by atoms with Crippen molar-refractivity contribution in [3.8, 4) is 0 Å². The lowest BCUT2D eigenvalue weighted by atomic mass is 9.89. The van der Waals surface area contributed by atoms with E-state index >= 15 is 0 Å². The van der Waals surface area contributed by atoms with Crippen LogP contribution in [-0.2, 0) is 24.0 Å². The van der Waals surface area contributed by atoms with Crippen molar-refractivity contribution in [3.63, 3.8) is 0 Å². The van der Waals surface area contributed by atoms with Gasteiger partial charge in [-0.15, -0.1) is 33.3 Å². The van der Waals surface area contributed by atoms with Crippen LogP contribution in [0, 0.1) is 5.41 Å². The summed E-state index contributed by atoms with van der Waals surface area (Å²) in [6, 6.07) is -0.871. The summed E-state index contributed by atoms with van der Waals surface area (Å²) in [6.45, 7) is 5.47. The highest BCUT2D eigenvalue weighted by atomic mass is 32.2. The largest absolute Gasteiger partial charge is 0.481 e. The minimum atomic E-state index is -1.16. The molecule has 0 bridgehead atoms. The Labute approximate surface area is 245 Å². The Hall–Kier alpha value is -2.96. The van der Waals surface area contributed by atoms with Gasteiger partial charge in [0.2, 0.25) is 5.91 Å². The molecular weight excluding hydrogens is 603 g/mol. The minimum absolute atomic E-state index is 0.0159. The zero-order chi connectivity index (χ0) is 29.1. The number of carbonyl (C=O) groups excluding carboxylic acids is 3. The van der Waals surface area contributed by atoms with E-state index in [4.69, 9.17) is 9.57 Å². The van der Waals surface area contributed by atoms with E-state index < -0.39 is 46.3 Å². The van der Waals surface area contributed by atoms with Crippen LogP contribution < -0.4 is 10.6 Å². The Kier molecular flexibility index (Phi) is 9.21. The van der Waals surface area contributed by atoms with Crippen molar-refractivity contribution in [1.29, 1.82) is 0 Å². The Morgan fingerprint density at radius 3 is 2.77 bits per heavy atom. The van der Waals surface area contributed by atoms with E-state index in [-0.39, 0.29) is 34.6 Å². The van der Waals surface area contributed by atoms with Crippen molar-refractivity contribution in [1.82, 2.24) is 25.4 Å². The summed E-state index contributed by atoms with van der Waals surface area (Å²) >= 11 is 4.96. The van der Waals surface area contributed by atoms with Crippen LogP contribution in [0.5, 0.6) is 0 Å². The van der Waals surface area contributed by atoms with Crippen LogP contribution >= 0.6 is 46.2 Å². The molecule has 2 aromatic rings. The van der Waals surface area contributed by atoms with Gasteiger partial charge in [0.05, 0.1) is 0 Å². The van der Waals surface area contributed by atoms with Crippen LogP contribution in [0.3, 0.4) is 0 Å². The molecule has 2 aromatic heterocycles. The lowest BCUT2D eigenvalue weighted by Gasteiger charge is -2.53. The normalized spacial score (nSPS) is 22.6. The van der Waals surface area contributed by atoms with Gasteiger partial charge in [-0.2, -0.15) is 0 Å². The Morgan fingerprint density at radius 2 is 2.12 bits per heavy atom. The van der Waals surface area contributed by atoms with E-state index in [1.165, 1.54) is 52.3 Å². The van der Waals surface area contributed by atoms with Gasteiger partial charge in [-0.25, -0.2) is 9.78 Å². The second-order valence-electron chi connectivity index (χ2n) is 9.49. The number of carbonyl (C=O) groups is 4. The fourth-order valence-corrected chi connectivity index (χ4v) is 7.74. The first-order valence-electron chi connectivity index (χ1n) is 11.9. The zero-order valence-corrected chi connectivity index (χ0v) is 25.2. The molecule has 18 heteroatoms. The average molecular weight is 630 g/mol. The first kappa shape index (κ1) is 30.0. The highest BCUT2D eigenvalue weighted by molar-refractivity contribution is 8.01. The van der Waals surface area contributed by atoms with E-state index in [1.54, 1.807) is 19.4 Å². The number of fused-ring (bicyclic) bond motifs is 1. The van der Waals surface area contributed by atoms with Crippen LogP contribution in [0.4, 0.5) is 9.93 Å². The minimum Gasteiger partial charge on any atom is -0.481 e. The number of rotatable bonds is 11. The highest BCUT2D eigenvalue weighted by Gasteiger charge is 2.57. The molecule has 4 heterocycles. The van der Waals surface area contributed by atoms with Crippen molar-refractivity contribution in [2.24, 2.45) is 10.6 Å². The van der Waals surface area contributed by atoms with Crippen molar-refractivity contribution in [2.75, 3.05) is 30.5 Å². The summed E-state index contributed by atoms with van der Waals surface area (Å²) in [5.74, 6) is -1.61. The maximum absolute atomic E-state index is 13.1. The summed E-state index contributed by atoms with van der Waals surface area (Å²) in [5, 5.41) is 27.9. The van der Waals surface area contributed by atoms with E-state index in [2.05, 4.69) is 31.0 Å². The molecule has 0 radical (unpaired) electrons. The number of hydrogen-bond acceptors (Lipinski definition) is 14. The van der Waals surface area contributed by atoms with Gasteiger partial charge < -0.3 is 24.9 Å². The smallest absolute Gasteiger partial charge is 0.413 e. The number of amides is 3. The molecule has 0 spiro atoms. The molecule has 3 atom stereocenters. The third-order valence-corrected chi connectivity index (χ3v) is 10.8. The number of thiazole rings is 1. The second kappa shape index (κ2) is 12.3. The molecule has 2 aliphatic heterocycles. The van der Waals surface area contributed by atoms with E-state index in [0.717, 1.165) is 11.3 Å². The average Bonchev–Trinajstić information content (AvgIpc) is 3.60. The predicted octanol–water partition coefficient (Wildman–Crippen LogP) is 2.35. The number of anilines is 1. The quantitative estimate of drug-likeness (QED) is 0.143. The SMILES string of the molecule is CCC(C)(C)OC(=O)Nc1nc(C(=NOC)C(=O)NC2C(=O)N3CC(CSc4nncs4)(C(=O)O)CS[C@H]23)cs1. The van der Waals surface area contributed by atoms with Gasteiger partial charge in [-0.05, 0) is 20.3 Å². The Bertz CT molecular complexity index is 1300. The van der Waals surface area contributed by atoms with E-state index in [1.807, 2.05) is 6.92 Å². The maximum Gasteiger partial charge on any atom is 0.413 e. The topological polar surface area (TPSA) is 185 Å². The molecule has 216 valence electrons. The fraction of sp³-hybridized carbons (Fsp3) is 0.545. The molecule has 4 rings (SSSR count). The highest BCUT2D eigenvalue weighted by Crippen LogP contribution is 2.44. The van der Waals surface area contributed by atoms with E-state index in [0.29, 0.717) is 10.8 Å². The Morgan fingerprint density at radius 1 is 1.35 bits per heavy atom. The summed E-state index contributed by atoms with van der Waals surface area (Å²) in [7, 11) is 1.27. The number of hydrogen-bond donors (Lipinski definition) is 3. The molecule has 0 saturated carbocycles. The summed E-state index contributed by atoms with van der Waals surface area (Å²) < 4.78 is 6.00. The lowest BCUT2D eigenvalue weighted by molar-refractivity contribution is -0.157. The van der Waals surface area contributed by atoms with Gasteiger partial charge in [0.15, 0.2) is 15.2 Å². The molecule has 2 saturated heterocycles. The number of oxime groups is 1. The number of aromatic nitrogens is 3. The van der Waals surface area contributed by atoms with E-state index in [9.17, 15) is 24.3 Å². The molecule has 14 nitrogen and oxygen atoms in total. The van der Waals surface area contributed by atoms with Crippen molar-refractivity contribution in [2.45, 2.75) is 48.5 Å². The van der Waals surface area contributed by atoms with Gasteiger partial charge in [0.1, 0.15) is 40.7 Å². The second-order valence-corrected chi connectivity index (χ2v) is 13.5. The third kappa shape index (κ3) is 6.50. The van der Waals surface area contributed by atoms with Crippen LogP contribution in [0.1, 0.15) is 32.9 Å². The number of carboxylic acid groups (broad SMARTS) is 1. The van der Waals surface area contributed by atoms with Gasteiger partial charge in [-0.3, -0.25) is 19.7 Å². The molecular formula is C22H27N7O7S4. The zero-order valence-electron chi connectivity index (χ0n) is 21.9. The summed E-state index contributed by atoms with van der Waals surface area (Å²) in [4.78, 5) is 61.0. The molecule has 2 aliphatic rings. The fourth-order valence-electron chi connectivity index (χ4n) is 3.71. The Balaban J connectivity index is 1.38. The molecule has 40 heavy (non-hydrogen) atoms. The lowest BCUT2D eigenvalue weighted by Crippen LogP contribution is -2.74. The number of nitrogens with zero attached hydrogens (tertiary/aromatic N) is 5. The van der Waals surface area contributed by atoms with Gasteiger partial charge in [0, 0.05) is 23.4 Å². The van der Waals surface area contributed by atoms with Gasteiger partial charge in [-0.1, -0.05) is 35.2 Å². The molecule has 3 N–H and O–H groups in total. The van der Waals surface area contributed by atoms with Crippen molar-refractivity contribution in [3.05, 3.63) is 16.6 Å². The number of nitrogens with one attached hydrogen (secondary N) is 2.